The van der Waals surface area contributed by atoms with E-state index >= 15 is 0 Å². The summed E-state index contributed by atoms with van der Waals surface area (Å²) in [6.07, 6.45) is 0.908. The van der Waals surface area contributed by atoms with Crippen LogP contribution in [0.1, 0.15) is 11.8 Å². The van der Waals surface area contributed by atoms with Crippen LogP contribution in [-0.2, 0) is 9.53 Å². The fraction of sp³-hybridized carbons (Fsp3) is 0.364. The van der Waals surface area contributed by atoms with E-state index in [1.165, 1.54) is 19.2 Å². The molecule has 0 aliphatic heterocycles. The van der Waals surface area contributed by atoms with Gasteiger partial charge < -0.3 is 9.84 Å². The van der Waals surface area contributed by atoms with Crippen molar-refractivity contribution >= 4 is 6.29 Å². The van der Waals surface area contributed by atoms with Crippen molar-refractivity contribution in [1.29, 1.82) is 0 Å². The maximum Gasteiger partial charge on any atom is 0.330 e. The van der Waals surface area contributed by atoms with E-state index < -0.39 is 23.6 Å². The molecule has 2 N–H and O–H groups in total. The van der Waals surface area contributed by atoms with Gasteiger partial charge in [-0.15, -0.1) is 6.58 Å². The molecule has 0 aromatic carbocycles. The molecule has 0 saturated carbocycles. The lowest BCUT2D eigenvalue weighted by molar-refractivity contribution is -0.129. The summed E-state index contributed by atoms with van der Waals surface area (Å²) in [5, 5.41) is 8.93. The van der Waals surface area contributed by atoms with Gasteiger partial charge in [-0.25, -0.2) is 4.79 Å². The molecule has 7 nitrogen and oxygen atoms in total. The standard InChI is InChI=1S/C11H14N2O5/c1-3-8(5-14)18-9(6-15)13-4-7(2)10(16)12-11(13)17/h3-4,6,8-9,14H,1,5H2,2H3,(H,12,16,17). The van der Waals surface area contributed by atoms with E-state index in [1.54, 1.807) is 0 Å². The molecule has 1 heterocycles. The molecule has 1 rings (SSSR count). The second-order valence-electron chi connectivity index (χ2n) is 3.60. The van der Waals surface area contributed by atoms with Gasteiger partial charge in [-0.2, -0.15) is 0 Å². The van der Waals surface area contributed by atoms with Crippen LogP contribution >= 0.6 is 0 Å². The Kier molecular flexibility index (Phi) is 4.75. The topological polar surface area (TPSA) is 101 Å². The Morgan fingerprint density at radius 3 is 2.78 bits per heavy atom. The summed E-state index contributed by atoms with van der Waals surface area (Å²) < 4.78 is 6.11. The number of nitrogens with one attached hydrogen (secondary N) is 1. The van der Waals surface area contributed by atoms with Gasteiger partial charge in [-0.05, 0) is 6.92 Å². The van der Waals surface area contributed by atoms with Crippen LogP contribution in [0.3, 0.4) is 0 Å². The molecule has 0 aliphatic carbocycles. The summed E-state index contributed by atoms with van der Waals surface area (Å²) in [4.78, 5) is 35.7. The highest BCUT2D eigenvalue weighted by Crippen LogP contribution is 2.07. The lowest BCUT2D eigenvalue weighted by Gasteiger charge is -2.18. The Balaban J connectivity index is 3.13. The predicted octanol–water partition coefficient (Wildman–Crippen LogP) is -0.894. The first-order chi connectivity index (χ1) is 8.53. The average Bonchev–Trinajstić information content (AvgIpc) is 2.36. The summed E-state index contributed by atoms with van der Waals surface area (Å²) in [6.45, 7) is 4.54. The highest BCUT2D eigenvalue weighted by atomic mass is 16.5. The highest BCUT2D eigenvalue weighted by Gasteiger charge is 2.17. The molecule has 98 valence electrons. The molecule has 0 amide bonds. The molecule has 0 fully saturated rings. The number of aldehydes is 1. The van der Waals surface area contributed by atoms with E-state index in [4.69, 9.17) is 9.84 Å². The summed E-state index contributed by atoms with van der Waals surface area (Å²) in [5.74, 6) is 0. The third-order valence-electron chi connectivity index (χ3n) is 2.29. The molecule has 1 aromatic rings. The smallest absolute Gasteiger partial charge is 0.330 e. The molecule has 0 spiro atoms. The van der Waals surface area contributed by atoms with E-state index in [1.807, 2.05) is 0 Å². The Morgan fingerprint density at radius 2 is 2.28 bits per heavy atom. The van der Waals surface area contributed by atoms with Gasteiger partial charge in [0.1, 0.15) is 6.10 Å². The van der Waals surface area contributed by atoms with Gasteiger partial charge in [0, 0.05) is 11.8 Å². The zero-order valence-electron chi connectivity index (χ0n) is 9.83. The van der Waals surface area contributed by atoms with Crippen molar-refractivity contribution in [2.45, 2.75) is 19.3 Å². The second-order valence-corrected chi connectivity index (χ2v) is 3.60. The zero-order valence-corrected chi connectivity index (χ0v) is 9.83. The number of hydrogen-bond acceptors (Lipinski definition) is 5. The second kappa shape index (κ2) is 6.08. The number of hydrogen-bond donors (Lipinski definition) is 2. The molecule has 2 unspecified atom stereocenters. The average molecular weight is 254 g/mol. The Labute approximate surface area is 102 Å². The van der Waals surface area contributed by atoms with Gasteiger partial charge >= 0.3 is 5.69 Å². The number of aryl methyl sites for hydroxylation is 1. The van der Waals surface area contributed by atoms with Crippen LogP contribution in [0.25, 0.3) is 0 Å². The number of aromatic nitrogens is 2. The largest absolute Gasteiger partial charge is 0.393 e. The van der Waals surface area contributed by atoms with Gasteiger partial charge in [0.25, 0.3) is 5.56 Å². The normalized spacial score (nSPS) is 13.9. The molecule has 0 radical (unpaired) electrons. The number of aliphatic hydroxyl groups is 1. The maximum absolute atomic E-state index is 11.5. The van der Waals surface area contributed by atoms with Crippen molar-refractivity contribution < 1.29 is 14.6 Å². The first-order valence-corrected chi connectivity index (χ1v) is 5.19. The minimum atomic E-state index is -1.23. The van der Waals surface area contributed by atoms with Crippen LogP contribution in [-0.4, -0.2) is 33.7 Å². The van der Waals surface area contributed by atoms with E-state index in [-0.39, 0.29) is 12.2 Å². The molecular weight excluding hydrogens is 240 g/mol. The van der Waals surface area contributed by atoms with Crippen LogP contribution in [0.15, 0.2) is 28.4 Å². The third kappa shape index (κ3) is 3.02. The van der Waals surface area contributed by atoms with Crippen LogP contribution in [0.5, 0.6) is 0 Å². The Bertz CT molecular complexity index is 545. The van der Waals surface area contributed by atoms with E-state index in [2.05, 4.69) is 11.6 Å². The van der Waals surface area contributed by atoms with Crippen molar-refractivity contribution in [3.05, 3.63) is 45.3 Å². The summed E-state index contributed by atoms with van der Waals surface area (Å²) >= 11 is 0. The molecule has 1 aromatic heterocycles. The minimum absolute atomic E-state index is 0.268. The SMILES string of the molecule is C=CC(CO)OC(C=O)n1cc(C)c(=O)[nH]c1=O. The number of carbonyl (C=O) groups is 1. The van der Waals surface area contributed by atoms with Gasteiger partial charge in [-0.3, -0.25) is 19.1 Å². The van der Waals surface area contributed by atoms with Crippen LogP contribution < -0.4 is 11.2 Å². The van der Waals surface area contributed by atoms with Crippen molar-refractivity contribution in [2.24, 2.45) is 0 Å². The summed E-state index contributed by atoms with van der Waals surface area (Å²) in [7, 11) is 0. The molecule has 0 aliphatic rings. The van der Waals surface area contributed by atoms with Crippen molar-refractivity contribution in [1.82, 2.24) is 9.55 Å². The maximum atomic E-state index is 11.5. The number of aliphatic hydroxyl groups excluding tert-OH is 1. The Morgan fingerprint density at radius 1 is 1.61 bits per heavy atom. The fourth-order valence-corrected chi connectivity index (χ4v) is 1.29. The molecule has 0 saturated heterocycles. The molecule has 18 heavy (non-hydrogen) atoms. The van der Waals surface area contributed by atoms with Crippen LogP contribution in [0.4, 0.5) is 0 Å². The van der Waals surface area contributed by atoms with Crippen molar-refractivity contribution in [3.63, 3.8) is 0 Å². The van der Waals surface area contributed by atoms with Crippen molar-refractivity contribution in [3.8, 4) is 0 Å². The number of carbonyl (C=O) groups excluding carboxylic acids is 1. The van der Waals surface area contributed by atoms with Gasteiger partial charge in [0.2, 0.25) is 0 Å². The van der Waals surface area contributed by atoms with E-state index in [0.717, 1.165) is 4.57 Å². The molecule has 0 bridgehead atoms. The highest BCUT2D eigenvalue weighted by molar-refractivity contribution is 5.53. The molecule has 7 heteroatoms. The van der Waals surface area contributed by atoms with Gasteiger partial charge in [0.05, 0.1) is 6.61 Å². The van der Waals surface area contributed by atoms with Gasteiger partial charge in [-0.1, -0.05) is 6.08 Å². The monoisotopic (exact) mass is 254 g/mol. The third-order valence-corrected chi connectivity index (χ3v) is 2.29. The minimum Gasteiger partial charge on any atom is -0.393 e. The summed E-state index contributed by atoms with van der Waals surface area (Å²) in [6, 6.07) is 0. The fourth-order valence-electron chi connectivity index (χ4n) is 1.29. The first-order valence-electron chi connectivity index (χ1n) is 5.19. The van der Waals surface area contributed by atoms with Crippen LogP contribution in [0, 0.1) is 6.92 Å². The molecule has 2 atom stereocenters. The first kappa shape index (κ1) is 14.1. The van der Waals surface area contributed by atoms with Crippen molar-refractivity contribution in [2.75, 3.05) is 6.61 Å². The number of H-pyrrole nitrogens is 1. The number of nitrogens with zero attached hydrogens (tertiary/aromatic N) is 1. The summed E-state index contributed by atoms with van der Waals surface area (Å²) in [5.41, 5.74) is -1.02. The molecular formula is C11H14N2O5. The van der Waals surface area contributed by atoms with Crippen LogP contribution in [0.2, 0.25) is 0 Å². The van der Waals surface area contributed by atoms with E-state index in [0.29, 0.717) is 6.29 Å². The van der Waals surface area contributed by atoms with E-state index in [9.17, 15) is 14.4 Å². The Hall–Kier alpha value is -1.99. The lowest BCUT2D eigenvalue weighted by Crippen LogP contribution is -2.36. The predicted molar refractivity (Wildman–Crippen MR) is 63.3 cm³/mol. The quantitative estimate of drug-likeness (QED) is 0.506. The number of aromatic amines is 1. The lowest BCUT2D eigenvalue weighted by atomic mass is 10.3. The van der Waals surface area contributed by atoms with Gasteiger partial charge in [0.15, 0.2) is 12.5 Å². The number of ether oxygens (including phenoxy) is 1. The zero-order chi connectivity index (χ0) is 13.7. The number of rotatable bonds is 6.